The van der Waals surface area contributed by atoms with Gasteiger partial charge in [0, 0.05) is 23.3 Å². The number of hydrogen-bond donors (Lipinski definition) is 0. The summed E-state index contributed by atoms with van der Waals surface area (Å²) in [7, 11) is 1.99. The van der Waals surface area contributed by atoms with Crippen LogP contribution in [0.25, 0.3) is 16.8 Å². The van der Waals surface area contributed by atoms with Crippen LogP contribution in [-0.4, -0.2) is 33.8 Å². The van der Waals surface area contributed by atoms with Crippen molar-refractivity contribution in [1.29, 1.82) is 0 Å². The van der Waals surface area contributed by atoms with Crippen LogP contribution in [0.3, 0.4) is 0 Å². The molecular weight excluding hydrogens is 567 g/mol. The van der Waals surface area contributed by atoms with Crippen molar-refractivity contribution < 1.29 is 30.4 Å². The van der Waals surface area contributed by atoms with E-state index in [0.717, 1.165) is 22.4 Å². The summed E-state index contributed by atoms with van der Waals surface area (Å²) in [5, 5.41) is 4.48. The zero-order chi connectivity index (χ0) is 20.3. The smallest absolute Gasteiger partial charge is 0.509 e. The summed E-state index contributed by atoms with van der Waals surface area (Å²) in [6, 6.07) is 28.4. The molecule has 1 atom stereocenters. The molecule has 1 aromatic heterocycles. The van der Waals surface area contributed by atoms with Gasteiger partial charge < -0.3 is 4.74 Å². The van der Waals surface area contributed by atoms with Crippen LogP contribution in [0.5, 0.6) is 11.5 Å². The fourth-order valence-corrected chi connectivity index (χ4v) is 3.37. The molecule has 0 N–H and O–H groups in total. The van der Waals surface area contributed by atoms with Gasteiger partial charge in [0.2, 0.25) is 6.17 Å². The van der Waals surface area contributed by atoms with E-state index in [1.165, 1.54) is 0 Å². The summed E-state index contributed by atoms with van der Waals surface area (Å²) in [5.41, 5.74) is 3.94. The predicted octanol–water partition coefficient (Wildman–Crippen LogP) is 4.73. The summed E-state index contributed by atoms with van der Waals surface area (Å²) < 4.78 is 9.87. The Bertz CT molecular complexity index is 1250. The van der Waals surface area contributed by atoms with Crippen molar-refractivity contribution in [2.75, 3.05) is 7.05 Å². The molecule has 0 spiro atoms. The van der Waals surface area contributed by atoms with Crippen LogP contribution in [0.1, 0.15) is 11.7 Å². The molecule has 31 heavy (non-hydrogen) atoms. The maximum atomic E-state index is 6.03. The molecule has 154 valence electrons. The van der Waals surface area contributed by atoms with Crippen molar-refractivity contribution in [2.45, 2.75) is 6.17 Å². The molecule has 5 nitrogen and oxygen atoms in total. The zero-order valence-electron chi connectivity index (χ0n) is 16.8. The van der Waals surface area contributed by atoms with Crippen LogP contribution >= 0.6 is 0 Å². The molecular formula is C25H19N4OPt+. The van der Waals surface area contributed by atoms with Crippen molar-refractivity contribution in [3.8, 4) is 28.3 Å². The third-order valence-electron chi connectivity index (χ3n) is 4.89. The summed E-state index contributed by atoms with van der Waals surface area (Å²) >= 11 is 0. The number of aliphatic imine (C=N–C) groups is 1. The molecule has 0 fully saturated rings. The van der Waals surface area contributed by atoms with E-state index in [1.54, 1.807) is 10.9 Å². The van der Waals surface area contributed by atoms with Crippen molar-refractivity contribution in [1.82, 2.24) is 9.78 Å². The predicted molar refractivity (Wildman–Crippen MR) is 117 cm³/mol. The van der Waals surface area contributed by atoms with Crippen LogP contribution in [0.2, 0.25) is 0 Å². The Kier molecular flexibility index (Phi) is 6.24. The Morgan fingerprint density at radius 1 is 0.903 bits per heavy atom. The Morgan fingerprint density at radius 3 is 2.45 bits per heavy atom. The molecule has 2 heterocycles. The first-order chi connectivity index (χ1) is 14.8. The van der Waals surface area contributed by atoms with E-state index in [9.17, 15) is 0 Å². The molecule has 0 amide bonds. The Balaban J connectivity index is 0.00000231. The van der Waals surface area contributed by atoms with Gasteiger partial charge in [0.05, 0.1) is 12.4 Å². The largest absolute Gasteiger partial charge is 2.00 e. The van der Waals surface area contributed by atoms with Gasteiger partial charge in [0.1, 0.15) is 7.05 Å². The maximum absolute atomic E-state index is 6.03. The second-order valence-corrected chi connectivity index (χ2v) is 7.00. The molecule has 4 aromatic rings. The third kappa shape index (κ3) is 4.57. The van der Waals surface area contributed by atoms with Crippen molar-refractivity contribution in [3.05, 3.63) is 96.8 Å². The SMILES string of the molecule is C[N+]1=CC=NC1c1[c-]c(Oc2[c-]c(-n3cc(-c4ccccc4)cn3)ccc2)ccc1.[Pt+2]. The van der Waals surface area contributed by atoms with E-state index >= 15 is 0 Å². The van der Waals surface area contributed by atoms with Gasteiger partial charge in [0.15, 0.2) is 6.21 Å². The van der Waals surface area contributed by atoms with E-state index < -0.39 is 0 Å². The molecule has 5 rings (SSSR count). The molecule has 0 radical (unpaired) electrons. The summed E-state index contributed by atoms with van der Waals surface area (Å²) in [6.07, 6.45) is 7.52. The molecule has 0 aliphatic carbocycles. The average molecular weight is 587 g/mol. The first-order valence-electron chi connectivity index (χ1n) is 9.68. The zero-order valence-corrected chi connectivity index (χ0v) is 19.0. The molecule has 1 unspecified atom stereocenters. The number of hydrogen-bond acceptors (Lipinski definition) is 3. The van der Waals surface area contributed by atoms with Gasteiger partial charge in [-0.2, -0.15) is 23.3 Å². The molecule has 1 aliphatic rings. The number of nitrogens with zero attached hydrogens (tertiary/aromatic N) is 4. The Hall–Kier alpha value is -3.30. The van der Waals surface area contributed by atoms with E-state index in [4.69, 9.17) is 4.74 Å². The summed E-state index contributed by atoms with van der Waals surface area (Å²) in [6.45, 7) is 0. The third-order valence-corrected chi connectivity index (χ3v) is 4.89. The average Bonchev–Trinajstić information content (AvgIpc) is 3.44. The van der Waals surface area contributed by atoms with Crippen LogP contribution in [0, 0.1) is 12.1 Å². The standard InChI is InChI=1S/C25H19N4O.Pt/c1-28-14-13-26-25(28)20-9-5-11-23(15-20)30-24-12-6-10-22(16-24)29-18-21(17-27-29)19-7-3-2-4-8-19;/h2-14,17-18,25H,1H3;/q-1;+2. The van der Waals surface area contributed by atoms with Gasteiger partial charge >= 0.3 is 21.1 Å². The van der Waals surface area contributed by atoms with Crippen LogP contribution in [0.4, 0.5) is 0 Å². The van der Waals surface area contributed by atoms with Crippen LogP contribution < -0.4 is 4.74 Å². The van der Waals surface area contributed by atoms with E-state index in [0.29, 0.717) is 11.5 Å². The first-order valence-corrected chi connectivity index (χ1v) is 9.68. The fourth-order valence-electron chi connectivity index (χ4n) is 3.37. The second-order valence-electron chi connectivity index (χ2n) is 7.00. The van der Waals surface area contributed by atoms with Gasteiger partial charge in [-0.15, -0.1) is 30.3 Å². The summed E-state index contributed by atoms with van der Waals surface area (Å²) in [5.74, 6) is 1.23. The molecule has 0 bridgehead atoms. The number of rotatable bonds is 5. The van der Waals surface area contributed by atoms with Gasteiger partial charge in [0.25, 0.3) is 0 Å². The molecule has 6 heteroatoms. The number of ether oxygens (including phenoxy) is 1. The molecule has 0 saturated carbocycles. The van der Waals surface area contributed by atoms with Crippen LogP contribution in [0.15, 0.2) is 84.1 Å². The topological polar surface area (TPSA) is 42.4 Å². The van der Waals surface area contributed by atoms with Crippen molar-refractivity contribution >= 4 is 12.4 Å². The Morgan fingerprint density at radius 2 is 1.68 bits per heavy atom. The number of benzene rings is 3. The normalized spacial score (nSPS) is 14.7. The Labute approximate surface area is 195 Å². The molecule has 3 aromatic carbocycles. The van der Waals surface area contributed by atoms with Crippen molar-refractivity contribution in [3.63, 3.8) is 0 Å². The minimum Gasteiger partial charge on any atom is -0.509 e. The van der Waals surface area contributed by atoms with Crippen LogP contribution in [-0.2, 0) is 21.1 Å². The van der Waals surface area contributed by atoms with Crippen molar-refractivity contribution in [2.24, 2.45) is 4.99 Å². The van der Waals surface area contributed by atoms with E-state index in [2.05, 4.69) is 34.4 Å². The minimum atomic E-state index is -0.0654. The van der Waals surface area contributed by atoms with Gasteiger partial charge in [-0.3, -0.25) is 4.68 Å². The van der Waals surface area contributed by atoms with E-state index in [-0.39, 0.29) is 27.2 Å². The monoisotopic (exact) mass is 586 g/mol. The minimum absolute atomic E-state index is 0. The van der Waals surface area contributed by atoms with Gasteiger partial charge in [-0.05, 0) is 11.3 Å². The fraction of sp³-hybridized carbons (Fsp3) is 0.0800. The second kappa shape index (κ2) is 9.23. The number of aromatic nitrogens is 2. The molecule has 1 aliphatic heterocycles. The first kappa shape index (κ1) is 21.0. The quantitative estimate of drug-likeness (QED) is 0.251. The molecule has 0 saturated heterocycles. The van der Waals surface area contributed by atoms with E-state index in [1.807, 2.05) is 84.8 Å². The maximum Gasteiger partial charge on any atom is 2.00 e. The van der Waals surface area contributed by atoms with Gasteiger partial charge in [-0.1, -0.05) is 35.9 Å². The summed E-state index contributed by atoms with van der Waals surface area (Å²) in [4.78, 5) is 4.46. The van der Waals surface area contributed by atoms with Gasteiger partial charge in [-0.25, -0.2) is 9.57 Å².